The second-order valence-corrected chi connectivity index (χ2v) is 8.61. The molecule has 158 valence electrons. The van der Waals surface area contributed by atoms with Crippen molar-refractivity contribution in [2.75, 3.05) is 0 Å². The third kappa shape index (κ3) is 2.29. The quantitative estimate of drug-likeness (QED) is 0.346. The molecule has 0 radical (unpaired) electrons. The lowest BCUT2D eigenvalue weighted by Gasteiger charge is -2.31. The van der Waals surface area contributed by atoms with Crippen LogP contribution in [0.2, 0.25) is 0 Å². The van der Waals surface area contributed by atoms with Crippen LogP contribution in [-0.4, -0.2) is 21.5 Å². The van der Waals surface area contributed by atoms with Crippen LogP contribution >= 0.6 is 0 Å². The van der Waals surface area contributed by atoms with E-state index in [4.69, 9.17) is 19.4 Å². The highest BCUT2D eigenvalue weighted by Crippen LogP contribution is 2.38. The van der Waals surface area contributed by atoms with E-state index in [0.29, 0.717) is 11.7 Å². The lowest BCUT2D eigenvalue weighted by atomic mass is 9.51. The predicted molar refractivity (Wildman–Crippen MR) is 134 cm³/mol. The Bertz CT molecular complexity index is 1740. The fourth-order valence-electron chi connectivity index (χ4n) is 5.31. The summed E-state index contributed by atoms with van der Waals surface area (Å²) in [6, 6.07) is 30.8. The molecule has 0 saturated carbocycles. The summed E-state index contributed by atoms with van der Waals surface area (Å²) in [4.78, 5) is 9.83. The van der Waals surface area contributed by atoms with E-state index in [9.17, 15) is 0 Å². The molecule has 34 heavy (non-hydrogen) atoms. The molecule has 2 aliphatic heterocycles. The van der Waals surface area contributed by atoms with Crippen molar-refractivity contribution in [1.29, 1.82) is 0 Å². The molecule has 8 rings (SSSR count). The fraction of sp³-hybridized carbons (Fsp3) is 0. The smallest absolute Gasteiger partial charge is 0.434 e. The van der Waals surface area contributed by atoms with Crippen LogP contribution < -0.4 is 20.3 Å². The molecule has 4 aromatic carbocycles. The summed E-state index contributed by atoms with van der Waals surface area (Å²) in [5.74, 6) is 2.93. The molecule has 0 aliphatic carbocycles. The molecule has 0 N–H and O–H groups in total. The van der Waals surface area contributed by atoms with Crippen LogP contribution in [0.4, 0.5) is 0 Å². The molecular formula is C28H16BN3O2. The van der Waals surface area contributed by atoms with Gasteiger partial charge in [-0.05, 0) is 24.3 Å². The van der Waals surface area contributed by atoms with Crippen molar-refractivity contribution in [3.05, 3.63) is 97.2 Å². The van der Waals surface area contributed by atoms with Crippen LogP contribution in [0.5, 0.6) is 17.2 Å². The summed E-state index contributed by atoms with van der Waals surface area (Å²) in [6.45, 7) is -0.244. The highest BCUT2D eigenvalue weighted by molar-refractivity contribution is 6.84. The Kier molecular flexibility index (Phi) is 3.42. The first-order valence-electron chi connectivity index (χ1n) is 11.3. The maximum Gasteiger partial charge on any atom is 0.434 e. The Balaban J connectivity index is 1.38. The minimum absolute atomic E-state index is 0.244. The van der Waals surface area contributed by atoms with Crippen molar-refractivity contribution in [3.8, 4) is 34.5 Å². The minimum Gasteiger partial charge on any atom is -0.549 e. The number of rotatable bonds is 1. The standard InChI is InChI=1S/C28H16BN3O2/c1-4-12-21-17(8-1)18-9-2-5-13-22(18)32(21)28-30-16-25-27(31-28)19-10-7-15-24-26(19)29(34-25)20-11-3-6-14-23(20)33-24/h1-16H. The molecule has 0 atom stereocenters. The SMILES string of the molecule is c1ccc2c(c1)Oc1cccc3c1B2Oc1cnc(-n2c4ccccc4c4ccccc42)nc1-3. The van der Waals surface area contributed by atoms with Gasteiger partial charge in [-0.3, -0.25) is 4.57 Å². The van der Waals surface area contributed by atoms with Crippen LogP contribution in [0, 0.1) is 0 Å². The molecule has 0 fully saturated rings. The van der Waals surface area contributed by atoms with E-state index < -0.39 is 0 Å². The summed E-state index contributed by atoms with van der Waals surface area (Å²) >= 11 is 0. The maximum absolute atomic E-state index is 6.50. The summed E-state index contributed by atoms with van der Waals surface area (Å²) in [6.07, 6.45) is 1.80. The van der Waals surface area contributed by atoms with Gasteiger partial charge in [-0.2, -0.15) is 0 Å². The van der Waals surface area contributed by atoms with E-state index >= 15 is 0 Å². The van der Waals surface area contributed by atoms with E-state index in [1.165, 1.54) is 10.8 Å². The molecule has 0 bridgehead atoms. The highest BCUT2D eigenvalue weighted by atomic mass is 16.5. The van der Waals surface area contributed by atoms with Crippen LogP contribution in [0.25, 0.3) is 39.0 Å². The number of benzene rings is 4. The maximum atomic E-state index is 6.50. The average molecular weight is 437 g/mol. The van der Waals surface area contributed by atoms with Crippen LogP contribution in [-0.2, 0) is 0 Å². The summed E-state index contributed by atoms with van der Waals surface area (Å²) in [7, 11) is 0. The molecule has 0 saturated heterocycles. The topological polar surface area (TPSA) is 49.2 Å². The predicted octanol–water partition coefficient (Wildman–Crippen LogP) is 4.84. The second-order valence-electron chi connectivity index (χ2n) is 8.61. The fourth-order valence-corrected chi connectivity index (χ4v) is 5.31. The zero-order chi connectivity index (χ0) is 22.2. The monoisotopic (exact) mass is 437 g/mol. The summed E-state index contributed by atoms with van der Waals surface area (Å²) in [5, 5.41) is 2.36. The van der Waals surface area contributed by atoms with Crippen LogP contribution in [0.15, 0.2) is 97.2 Å². The van der Waals surface area contributed by atoms with Gasteiger partial charge in [0, 0.05) is 27.3 Å². The third-order valence-corrected chi connectivity index (χ3v) is 6.77. The number of fused-ring (bicyclic) bond motifs is 7. The number of hydrogen-bond donors (Lipinski definition) is 0. The van der Waals surface area contributed by atoms with Crippen LogP contribution in [0.1, 0.15) is 0 Å². The van der Waals surface area contributed by atoms with Gasteiger partial charge >= 0.3 is 6.92 Å². The molecule has 4 heterocycles. The van der Waals surface area contributed by atoms with Gasteiger partial charge in [0.25, 0.3) is 0 Å². The Morgan fingerprint density at radius 2 is 1.38 bits per heavy atom. The van der Waals surface area contributed by atoms with Gasteiger partial charge in [0.05, 0.1) is 17.2 Å². The molecule has 2 aliphatic rings. The molecule has 0 spiro atoms. The first-order valence-corrected chi connectivity index (χ1v) is 11.3. The van der Waals surface area contributed by atoms with E-state index in [-0.39, 0.29) is 6.92 Å². The van der Waals surface area contributed by atoms with E-state index in [1.54, 1.807) is 6.20 Å². The summed E-state index contributed by atoms with van der Waals surface area (Å²) < 4.78 is 14.9. The van der Waals surface area contributed by atoms with Crippen molar-refractivity contribution in [3.63, 3.8) is 0 Å². The Labute approximate surface area is 195 Å². The van der Waals surface area contributed by atoms with E-state index in [0.717, 1.165) is 44.7 Å². The van der Waals surface area contributed by atoms with Crippen LogP contribution in [0.3, 0.4) is 0 Å². The molecule has 2 aromatic heterocycles. The summed E-state index contributed by atoms with van der Waals surface area (Å²) in [5.41, 5.74) is 5.97. The van der Waals surface area contributed by atoms with E-state index in [2.05, 4.69) is 53.1 Å². The van der Waals surface area contributed by atoms with Crippen molar-refractivity contribution < 1.29 is 9.39 Å². The van der Waals surface area contributed by atoms with Gasteiger partial charge in [-0.1, -0.05) is 66.7 Å². The Hall–Kier alpha value is -4.58. The number of nitrogens with zero attached hydrogens (tertiary/aromatic N) is 3. The van der Waals surface area contributed by atoms with Crippen molar-refractivity contribution in [1.82, 2.24) is 14.5 Å². The highest BCUT2D eigenvalue weighted by Gasteiger charge is 2.41. The molecule has 6 heteroatoms. The zero-order valence-corrected chi connectivity index (χ0v) is 18.0. The Morgan fingerprint density at radius 1 is 0.676 bits per heavy atom. The lowest BCUT2D eigenvalue weighted by Crippen LogP contribution is -2.53. The van der Waals surface area contributed by atoms with Gasteiger partial charge in [0.1, 0.15) is 22.9 Å². The molecule has 5 nitrogen and oxygen atoms in total. The number of aromatic nitrogens is 3. The van der Waals surface area contributed by atoms with Crippen molar-refractivity contribution in [2.45, 2.75) is 0 Å². The molecule has 0 amide bonds. The first kappa shape index (κ1) is 17.9. The van der Waals surface area contributed by atoms with E-state index in [1.807, 2.05) is 42.5 Å². The first-order chi connectivity index (χ1) is 16.9. The van der Waals surface area contributed by atoms with Gasteiger partial charge < -0.3 is 9.39 Å². The molecule has 6 aromatic rings. The normalized spacial score (nSPS) is 13.1. The second kappa shape index (κ2) is 6.48. The van der Waals surface area contributed by atoms with Gasteiger partial charge in [-0.25, -0.2) is 9.97 Å². The zero-order valence-electron chi connectivity index (χ0n) is 18.0. The van der Waals surface area contributed by atoms with Gasteiger partial charge in [-0.15, -0.1) is 0 Å². The van der Waals surface area contributed by atoms with Crippen molar-refractivity contribution in [2.24, 2.45) is 0 Å². The molecular weight excluding hydrogens is 421 g/mol. The molecule has 0 unspecified atom stereocenters. The number of para-hydroxylation sites is 3. The lowest BCUT2D eigenvalue weighted by molar-refractivity contribution is 0.479. The van der Waals surface area contributed by atoms with Crippen molar-refractivity contribution >= 4 is 39.6 Å². The number of hydrogen-bond acceptors (Lipinski definition) is 4. The van der Waals surface area contributed by atoms with Gasteiger partial charge in [0.2, 0.25) is 5.95 Å². The van der Waals surface area contributed by atoms with Gasteiger partial charge in [0.15, 0.2) is 0 Å². The minimum atomic E-state index is -0.244. The largest absolute Gasteiger partial charge is 0.549 e. The average Bonchev–Trinajstić information content (AvgIpc) is 3.23. The third-order valence-electron chi connectivity index (χ3n) is 6.77. The Morgan fingerprint density at radius 3 is 2.21 bits per heavy atom. The number of ether oxygens (including phenoxy) is 1.